The summed E-state index contributed by atoms with van der Waals surface area (Å²) in [5.74, 6) is 0.0692. The van der Waals surface area contributed by atoms with Crippen LogP contribution in [0.5, 0.6) is 0 Å². The minimum atomic E-state index is -0.654. The molecule has 5 nitrogen and oxygen atoms in total. The maximum absolute atomic E-state index is 13.0. The molecule has 1 saturated carbocycles. The molecule has 0 aromatic carbocycles. The molecule has 112 valence electrons. The summed E-state index contributed by atoms with van der Waals surface area (Å²) in [6.07, 6.45) is 8.65. The van der Waals surface area contributed by atoms with E-state index >= 15 is 0 Å². The lowest BCUT2D eigenvalue weighted by atomic mass is 9.87. The van der Waals surface area contributed by atoms with Crippen molar-refractivity contribution in [1.82, 2.24) is 15.0 Å². The van der Waals surface area contributed by atoms with Gasteiger partial charge in [-0.25, -0.2) is 4.68 Å². The van der Waals surface area contributed by atoms with E-state index in [1.54, 1.807) is 10.9 Å². The van der Waals surface area contributed by atoms with Gasteiger partial charge in [0, 0.05) is 13.2 Å². The van der Waals surface area contributed by atoms with Gasteiger partial charge < -0.3 is 4.74 Å². The van der Waals surface area contributed by atoms with E-state index in [9.17, 15) is 4.79 Å². The molecule has 1 heterocycles. The van der Waals surface area contributed by atoms with Crippen molar-refractivity contribution in [2.75, 3.05) is 6.61 Å². The van der Waals surface area contributed by atoms with Crippen molar-refractivity contribution in [2.24, 2.45) is 0 Å². The summed E-state index contributed by atoms with van der Waals surface area (Å²) in [6.45, 7) is 5.33. The zero-order valence-corrected chi connectivity index (χ0v) is 12.6. The van der Waals surface area contributed by atoms with Gasteiger partial charge in [0.05, 0.1) is 6.20 Å². The van der Waals surface area contributed by atoms with E-state index in [2.05, 4.69) is 17.2 Å². The summed E-state index contributed by atoms with van der Waals surface area (Å²) in [5, 5.41) is 7.93. The van der Waals surface area contributed by atoms with Crippen molar-refractivity contribution in [1.29, 1.82) is 0 Å². The number of aromatic nitrogens is 3. The first-order chi connectivity index (χ1) is 9.73. The van der Waals surface area contributed by atoms with Crippen LogP contribution in [0.4, 0.5) is 0 Å². The molecule has 0 N–H and O–H groups in total. The number of ether oxygens (including phenoxy) is 1. The first-order valence-electron chi connectivity index (χ1n) is 7.80. The summed E-state index contributed by atoms with van der Waals surface area (Å²) in [4.78, 5) is 13.0. The molecule has 0 bridgehead atoms. The van der Waals surface area contributed by atoms with Crippen LogP contribution in [-0.4, -0.2) is 33.0 Å². The van der Waals surface area contributed by atoms with E-state index in [0.29, 0.717) is 12.3 Å². The summed E-state index contributed by atoms with van der Waals surface area (Å²) >= 11 is 0. The quantitative estimate of drug-likeness (QED) is 0.593. The average molecular weight is 279 g/mol. The van der Waals surface area contributed by atoms with E-state index < -0.39 is 5.60 Å². The number of hydrogen-bond acceptors (Lipinski definition) is 4. The van der Waals surface area contributed by atoms with E-state index in [4.69, 9.17) is 4.74 Å². The Morgan fingerprint density at radius 3 is 2.60 bits per heavy atom. The topological polar surface area (TPSA) is 57.0 Å². The van der Waals surface area contributed by atoms with Gasteiger partial charge in [-0.05, 0) is 26.2 Å². The highest BCUT2D eigenvalue weighted by atomic mass is 16.5. The van der Waals surface area contributed by atoms with Crippen molar-refractivity contribution in [3.63, 3.8) is 0 Å². The van der Waals surface area contributed by atoms with E-state index in [-0.39, 0.29) is 5.78 Å². The Hall–Kier alpha value is -1.23. The number of aryl methyl sites for hydroxylation is 1. The molecule has 0 spiro atoms. The third-order valence-electron chi connectivity index (χ3n) is 4.03. The Kier molecular flexibility index (Phi) is 5.29. The van der Waals surface area contributed by atoms with E-state index in [1.165, 1.54) is 12.8 Å². The molecule has 1 aliphatic carbocycles. The van der Waals surface area contributed by atoms with Crippen LogP contribution >= 0.6 is 0 Å². The standard InChI is InChI=1S/C15H25N3O2/c1-3-11-18-13(12-16-17-18)14(19)15(20-4-2)9-7-5-6-8-10-15/h12H,3-11H2,1-2H3. The fourth-order valence-electron chi connectivity index (χ4n) is 3.06. The second kappa shape index (κ2) is 6.97. The molecular weight excluding hydrogens is 254 g/mol. The Labute approximate surface area is 120 Å². The molecule has 0 aliphatic heterocycles. The highest BCUT2D eigenvalue weighted by Crippen LogP contribution is 2.33. The van der Waals surface area contributed by atoms with Gasteiger partial charge >= 0.3 is 0 Å². The Morgan fingerprint density at radius 1 is 1.30 bits per heavy atom. The second-order valence-corrected chi connectivity index (χ2v) is 5.51. The average Bonchev–Trinajstić information content (AvgIpc) is 2.77. The third kappa shape index (κ3) is 3.08. The lowest BCUT2D eigenvalue weighted by Gasteiger charge is -2.30. The highest BCUT2D eigenvalue weighted by molar-refractivity contribution is 6.01. The van der Waals surface area contributed by atoms with Crippen molar-refractivity contribution in [2.45, 2.75) is 70.9 Å². The van der Waals surface area contributed by atoms with Crippen LogP contribution in [0.3, 0.4) is 0 Å². The number of nitrogens with zero attached hydrogens (tertiary/aromatic N) is 3. The Bertz CT molecular complexity index is 434. The normalized spacial score (nSPS) is 18.7. The number of hydrogen-bond donors (Lipinski definition) is 0. The molecule has 1 fully saturated rings. The molecule has 0 saturated heterocycles. The molecule has 0 radical (unpaired) electrons. The fraction of sp³-hybridized carbons (Fsp3) is 0.800. The zero-order valence-electron chi connectivity index (χ0n) is 12.6. The maximum atomic E-state index is 13.0. The number of rotatable bonds is 6. The first-order valence-corrected chi connectivity index (χ1v) is 7.80. The molecule has 1 aromatic heterocycles. The van der Waals surface area contributed by atoms with E-state index in [1.807, 2.05) is 6.92 Å². The van der Waals surface area contributed by atoms with Gasteiger partial charge in [0.25, 0.3) is 0 Å². The minimum absolute atomic E-state index is 0.0692. The summed E-state index contributed by atoms with van der Waals surface area (Å²) < 4.78 is 7.67. The second-order valence-electron chi connectivity index (χ2n) is 5.51. The zero-order chi connectivity index (χ0) is 14.4. The molecular formula is C15H25N3O2. The van der Waals surface area contributed by atoms with Gasteiger partial charge in [0.15, 0.2) is 0 Å². The Morgan fingerprint density at radius 2 is 2.00 bits per heavy atom. The molecule has 0 amide bonds. The SMILES string of the molecule is CCCn1nncc1C(=O)C1(OCC)CCCCCC1. The third-order valence-corrected chi connectivity index (χ3v) is 4.03. The van der Waals surface area contributed by atoms with Crippen LogP contribution in [0.15, 0.2) is 6.20 Å². The lowest BCUT2D eigenvalue weighted by molar-refractivity contribution is -0.0299. The predicted molar refractivity (Wildman–Crippen MR) is 76.7 cm³/mol. The maximum Gasteiger partial charge on any atom is 0.214 e. The number of carbonyl (C=O) groups is 1. The monoisotopic (exact) mass is 279 g/mol. The minimum Gasteiger partial charge on any atom is -0.367 e. The van der Waals surface area contributed by atoms with Crippen LogP contribution in [0.2, 0.25) is 0 Å². The van der Waals surface area contributed by atoms with Crippen LogP contribution in [0.25, 0.3) is 0 Å². The van der Waals surface area contributed by atoms with Gasteiger partial charge in [-0.1, -0.05) is 37.8 Å². The Balaban J connectivity index is 2.27. The lowest BCUT2D eigenvalue weighted by Crippen LogP contribution is -2.42. The van der Waals surface area contributed by atoms with Crippen LogP contribution in [0, 0.1) is 0 Å². The number of carbonyl (C=O) groups excluding carboxylic acids is 1. The van der Waals surface area contributed by atoms with Crippen molar-refractivity contribution in [3.05, 3.63) is 11.9 Å². The van der Waals surface area contributed by atoms with Gasteiger partial charge in [0.1, 0.15) is 11.3 Å². The molecule has 5 heteroatoms. The largest absolute Gasteiger partial charge is 0.367 e. The van der Waals surface area contributed by atoms with E-state index in [0.717, 1.165) is 38.6 Å². The first kappa shape index (κ1) is 15.2. The van der Waals surface area contributed by atoms with Gasteiger partial charge in [0.2, 0.25) is 5.78 Å². The molecule has 0 unspecified atom stereocenters. The van der Waals surface area contributed by atoms with Gasteiger partial charge in [-0.2, -0.15) is 0 Å². The van der Waals surface area contributed by atoms with Crippen molar-refractivity contribution in [3.8, 4) is 0 Å². The summed E-state index contributed by atoms with van der Waals surface area (Å²) in [6, 6.07) is 0. The summed E-state index contributed by atoms with van der Waals surface area (Å²) in [7, 11) is 0. The van der Waals surface area contributed by atoms with Gasteiger partial charge in [-0.15, -0.1) is 5.10 Å². The molecule has 1 aliphatic rings. The van der Waals surface area contributed by atoms with Crippen LogP contribution < -0.4 is 0 Å². The number of Topliss-reactive ketones (excluding diaryl/α,β-unsaturated/α-hetero) is 1. The molecule has 2 rings (SSSR count). The van der Waals surface area contributed by atoms with Crippen molar-refractivity contribution >= 4 is 5.78 Å². The molecule has 20 heavy (non-hydrogen) atoms. The molecule has 0 atom stereocenters. The van der Waals surface area contributed by atoms with Crippen molar-refractivity contribution < 1.29 is 9.53 Å². The predicted octanol–water partition coefficient (Wildman–Crippen LogP) is 3.00. The number of ketones is 1. The smallest absolute Gasteiger partial charge is 0.214 e. The van der Waals surface area contributed by atoms with Crippen LogP contribution in [-0.2, 0) is 11.3 Å². The highest BCUT2D eigenvalue weighted by Gasteiger charge is 2.41. The fourth-order valence-corrected chi connectivity index (χ4v) is 3.06. The van der Waals surface area contributed by atoms with Crippen LogP contribution in [0.1, 0.15) is 69.3 Å². The summed E-state index contributed by atoms with van der Waals surface area (Å²) in [5.41, 5.74) is -0.0551. The van der Waals surface area contributed by atoms with Gasteiger partial charge in [-0.3, -0.25) is 4.79 Å². The molecule has 1 aromatic rings.